The Bertz CT molecular complexity index is 622. The van der Waals surface area contributed by atoms with Gasteiger partial charge in [0.15, 0.2) is 0 Å². The molecule has 0 unspecified atom stereocenters. The van der Waals surface area contributed by atoms with Gasteiger partial charge >= 0.3 is 0 Å². The van der Waals surface area contributed by atoms with E-state index in [0.29, 0.717) is 5.03 Å². The number of amides is 1. The largest absolute Gasteiger partial charge is 0.397 e. The Labute approximate surface area is 115 Å². The van der Waals surface area contributed by atoms with Crippen molar-refractivity contribution in [3.63, 3.8) is 0 Å². The zero-order valence-corrected chi connectivity index (χ0v) is 11.5. The smallest absolute Gasteiger partial charge is 0.250 e. The predicted molar refractivity (Wildman–Crippen MR) is 75.0 cm³/mol. The number of anilines is 1. The first-order valence-electron chi connectivity index (χ1n) is 5.64. The van der Waals surface area contributed by atoms with Crippen LogP contribution in [0.3, 0.4) is 0 Å². The fraction of sp³-hybridized carbons (Fsp3) is 0.154. The quantitative estimate of drug-likeness (QED) is 0.891. The number of aromatic nitrogens is 2. The van der Waals surface area contributed by atoms with Gasteiger partial charge in [0.25, 0.3) is 5.91 Å². The molecule has 0 aromatic carbocycles. The molecule has 0 spiro atoms. The highest BCUT2D eigenvalue weighted by Gasteiger charge is 2.09. The normalized spacial score (nSPS) is 10.4. The molecule has 0 aliphatic rings. The number of carbonyl (C=O) groups excluding carboxylic acids is 1. The minimum absolute atomic E-state index is 0.280. The van der Waals surface area contributed by atoms with Crippen LogP contribution in [-0.4, -0.2) is 15.9 Å². The number of rotatable bonds is 3. The van der Waals surface area contributed by atoms with Crippen LogP contribution >= 0.6 is 11.8 Å². The standard InChI is InChI=1S/C13H14N4OS/c1-7-3-8(2)17-12(4-7)19-11-5-9(13(15)18)10(14)6-16-11/h3-6H,14H2,1-2H3,(H2,15,18). The maximum Gasteiger partial charge on any atom is 0.250 e. The summed E-state index contributed by atoms with van der Waals surface area (Å²) in [5.41, 5.74) is 13.5. The molecule has 1 amide bonds. The fourth-order valence-electron chi connectivity index (χ4n) is 1.68. The van der Waals surface area contributed by atoms with Gasteiger partial charge in [-0.2, -0.15) is 0 Å². The number of hydrogen-bond donors (Lipinski definition) is 2. The van der Waals surface area contributed by atoms with E-state index < -0.39 is 5.91 Å². The van der Waals surface area contributed by atoms with Gasteiger partial charge in [0.05, 0.1) is 17.4 Å². The number of hydrogen-bond acceptors (Lipinski definition) is 5. The molecule has 2 aromatic heterocycles. The Morgan fingerprint density at radius 1 is 1.21 bits per heavy atom. The van der Waals surface area contributed by atoms with Gasteiger partial charge in [0, 0.05) is 5.69 Å². The van der Waals surface area contributed by atoms with Gasteiger partial charge in [-0.15, -0.1) is 0 Å². The summed E-state index contributed by atoms with van der Waals surface area (Å²) < 4.78 is 0. The molecular weight excluding hydrogens is 260 g/mol. The topological polar surface area (TPSA) is 94.9 Å². The molecule has 0 radical (unpaired) electrons. The van der Waals surface area contributed by atoms with Crippen LogP contribution in [0.15, 0.2) is 34.4 Å². The fourth-order valence-corrected chi connectivity index (χ4v) is 2.61. The molecule has 2 aromatic rings. The highest BCUT2D eigenvalue weighted by molar-refractivity contribution is 7.99. The van der Waals surface area contributed by atoms with Crippen molar-refractivity contribution in [1.29, 1.82) is 0 Å². The molecule has 0 aliphatic heterocycles. The van der Waals surface area contributed by atoms with E-state index in [4.69, 9.17) is 11.5 Å². The third kappa shape index (κ3) is 3.23. The maximum atomic E-state index is 11.2. The van der Waals surface area contributed by atoms with E-state index in [1.54, 1.807) is 6.07 Å². The third-order valence-corrected chi connectivity index (χ3v) is 3.31. The van der Waals surface area contributed by atoms with Gasteiger partial charge in [0.2, 0.25) is 0 Å². The van der Waals surface area contributed by atoms with Crippen molar-refractivity contribution in [2.75, 3.05) is 5.73 Å². The second-order valence-electron chi connectivity index (χ2n) is 4.20. The summed E-state index contributed by atoms with van der Waals surface area (Å²) in [6.45, 7) is 3.94. The number of pyridine rings is 2. The molecule has 98 valence electrons. The predicted octanol–water partition coefficient (Wildman–Crippen LogP) is 1.93. The lowest BCUT2D eigenvalue weighted by molar-refractivity contribution is 0.100. The van der Waals surface area contributed by atoms with E-state index in [1.165, 1.54) is 18.0 Å². The Morgan fingerprint density at radius 3 is 2.58 bits per heavy atom. The van der Waals surface area contributed by atoms with Crippen molar-refractivity contribution in [2.24, 2.45) is 5.73 Å². The van der Waals surface area contributed by atoms with Crippen LogP contribution in [0.25, 0.3) is 0 Å². The average Bonchev–Trinajstić information content (AvgIpc) is 2.30. The summed E-state index contributed by atoms with van der Waals surface area (Å²) >= 11 is 1.37. The minimum atomic E-state index is -0.560. The third-order valence-electron chi connectivity index (χ3n) is 2.46. The van der Waals surface area contributed by atoms with Gasteiger partial charge in [-0.3, -0.25) is 4.79 Å². The highest BCUT2D eigenvalue weighted by Crippen LogP contribution is 2.27. The lowest BCUT2D eigenvalue weighted by Crippen LogP contribution is -2.13. The SMILES string of the molecule is Cc1cc(C)nc(Sc2cc(C(N)=O)c(N)cn2)c1. The van der Waals surface area contributed by atoms with Crippen molar-refractivity contribution < 1.29 is 4.79 Å². The summed E-state index contributed by atoms with van der Waals surface area (Å²) in [5, 5.41) is 1.46. The van der Waals surface area contributed by atoms with Gasteiger partial charge in [-0.1, -0.05) is 11.8 Å². The average molecular weight is 274 g/mol. The van der Waals surface area contributed by atoms with Crippen LogP contribution < -0.4 is 11.5 Å². The molecule has 0 fully saturated rings. The van der Waals surface area contributed by atoms with Crippen LogP contribution in [0.2, 0.25) is 0 Å². The van der Waals surface area contributed by atoms with Crippen molar-refractivity contribution in [3.8, 4) is 0 Å². The summed E-state index contributed by atoms with van der Waals surface area (Å²) in [7, 11) is 0. The molecule has 2 rings (SSSR count). The Kier molecular flexibility index (Phi) is 3.71. The van der Waals surface area contributed by atoms with Crippen molar-refractivity contribution >= 4 is 23.4 Å². The molecule has 0 saturated carbocycles. The lowest BCUT2D eigenvalue weighted by Gasteiger charge is -2.06. The van der Waals surface area contributed by atoms with E-state index in [0.717, 1.165) is 16.3 Å². The number of nitrogens with zero attached hydrogens (tertiary/aromatic N) is 2. The first-order valence-corrected chi connectivity index (χ1v) is 6.46. The van der Waals surface area contributed by atoms with Crippen LogP contribution in [0.5, 0.6) is 0 Å². The number of aryl methyl sites for hydroxylation is 2. The molecule has 0 aliphatic carbocycles. The van der Waals surface area contributed by atoms with Crippen molar-refractivity contribution in [2.45, 2.75) is 23.9 Å². The number of carbonyl (C=O) groups is 1. The first-order chi connectivity index (χ1) is 8.95. The summed E-state index contributed by atoms with van der Waals surface area (Å²) in [4.78, 5) is 19.8. The number of nitrogen functional groups attached to an aromatic ring is 1. The summed E-state index contributed by atoms with van der Waals surface area (Å²) in [6, 6.07) is 5.54. The molecule has 6 heteroatoms. The zero-order chi connectivity index (χ0) is 14.0. The van der Waals surface area contributed by atoms with E-state index in [9.17, 15) is 4.79 Å². The summed E-state index contributed by atoms with van der Waals surface area (Å²) in [5.74, 6) is -0.560. The Hall–Kier alpha value is -2.08. The molecule has 4 N–H and O–H groups in total. The molecule has 2 heterocycles. The molecular formula is C13H14N4OS. The van der Waals surface area contributed by atoms with Crippen LogP contribution in [0.1, 0.15) is 21.6 Å². The van der Waals surface area contributed by atoms with Gasteiger partial charge in [-0.25, -0.2) is 9.97 Å². The monoisotopic (exact) mass is 274 g/mol. The lowest BCUT2D eigenvalue weighted by atomic mass is 10.2. The van der Waals surface area contributed by atoms with Crippen LogP contribution in [0, 0.1) is 13.8 Å². The second-order valence-corrected chi connectivity index (χ2v) is 5.24. The zero-order valence-electron chi connectivity index (χ0n) is 10.7. The summed E-state index contributed by atoms with van der Waals surface area (Å²) in [6.07, 6.45) is 1.44. The molecule has 0 saturated heterocycles. The minimum Gasteiger partial charge on any atom is -0.397 e. The van der Waals surface area contributed by atoms with Gasteiger partial charge < -0.3 is 11.5 Å². The maximum absolute atomic E-state index is 11.2. The first kappa shape index (κ1) is 13.4. The van der Waals surface area contributed by atoms with Gasteiger partial charge in [-0.05, 0) is 37.6 Å². The molecule has 19 heavy (non-hydrogen) atoms. The molecule has 0 bridgehead atoms. The number of primary amides is 1. The highest BCUT2D eigenvalue weighted by atomic mass is 32.2. The number of nitrogens with two attached hydrogens (primary N) is 2. The van der Waals surface area contributed by atoms with E-state index >= 15 is 0 Å². The van der Waals surface area contributed by atoms with Gasteiger partial charge in [0.1, 0.15) is 10.1 Å². The molecule has 5 nitrogen and oxygen atoms in total. The second kappa shape index (κ2) is 5.27. The molecule has 0 atom stereocenters. The van der Waals surface area contributed by atoms with Crippen molar-refractivity contribution in [1.82, 2.24) is 9.97 Å². The van der Waals surface area contributed by atoms with E-state index in [-0.39, 0.29) is 11.3 Å². The van der Waals surface area contributed by atoms with Crippen molar-refractivity contribution in [3.05, 3.63) is 41.2 Å². The van der Waals surface area contributed by atoms with E-state index in [2.05, 4.69) is 9.97 Å². The van der Waals surface area contributed by atoms with E-state index in [1.807, 2.05) is 26.0 Å². The Morgan fingerprint density at radius 2 is 1.95 bits per heavy atom. The van der Waals surface area contributed by atoms with Crippen LogP contribution in [0.4, 0.5) is 5.69 Å². The van der Waals surface area contributed by atoms with Crippen LogP contribution in [-0.2, 0) is 0 Å². The Balaban J connectivity index is 2.33.